The molecular weight excluding hydrogens is 526 g/mol. The fourth-order valence-corrected chi connectivity index (χ4v) is 5.31. The summed E-state index contributed by atoms with van der Waals surface area (Å²) in [6.07, 6.45) is 15.0. The summed E-state index contributed by atoms with van der Waals surface area (Å²) in [5.74, 6) is 7.81. The third-order valence-corrected chi connectivity index (χ3v) is 9.13. The van der Waals surface area contributed by atoms with Crippen LogP contribution in [0.1, 0.15) is 147 Å². The van der Waals surface area contributed by atoms with Gasteiger partial charge in [-0.25, -0.2) is 0 Å². The molecule has 230 valence electrons. The standard InChI is InChI=1S/2C8H16.2C5H10.2C2H6.4CH3.2Co/c2*1-5-6(2)8(4)7(5)3;2*1-2-4-5-3-1;2*1-2;;;;;;/h2*5-8H,1-4H3;2*1-5H2;2*1-2H3;4*1H3;;/q;;;;;;4*-1;2*+2. The normalized spacial score (nSPS) is 31.7. The molecule has 0 N–H and O–H groups in total. The Morgan fingerprint density at radius 3 is 0.361 bits per heavy atom. The van der Waals surface area contributed by atoms with Crippen LogP contribution in [-0.2, 0) is 33.6 Å². The van der Waals surface area contributed by atoms with Crippen molar-refractivity contribution in [2.24, 2.45) is 47.3 Å². The largest absolute Gasteiger partial charge is 2.00 e. The zero-order valence-electron chi connectivity index (χ0n) is 28.4. The van der Waals surface area contributed by atoms with E-state index in [9.17, 15) is 0 Å². The third-order valence-electron chi connectivity index (χ3n) is 9.13. The van der Waals surface area contributed by atoms with Gasteiger partial charge in [0.15, 0.2) is 0 Å². The first kappa shape index (κ1) is 57.0. The van der Waals surface area contributed by atoms with E-state index in [0.717, 1.165) is 47.3 Å². The predicted molar refractivity (Wildman–Crippen MR) is 168 cm³/mol. The van der Waals surface area contributed by atoms with Gasteiger partial charge in [0, 0.05) is 0 Å². The minimum absolute atomic E-state index is 0. The summed E-state index contributed by atoms with van der Waals surface area (Å²) in [6.45, 7) is 26.9. The van der Waals surface area contributed by atoms with Gasteiger partial charge in [0.1, 0.15) is 0 Å². The van der Waals surface area contributed by atoms with Gasteiger partial charge in [-0.15, -0.1) is 0 Å². The maximum Gasteiger partial charge on any atom is 2.00 e. The van der Waals surface area contributed by atoms with E-state index in [-0.39, 0.29) is 63.3 Å². The molecule has 0 aliphatic heterocycles. The van der Waals surface area contributed by atoms with E-state index in [1.54, 1.807) is 0 Å². The smallest absolute Gasteiger partial charge is 0.358 e. The summed E-state index contributed by atoms with van der Waals surface area (Å²) in [6, 6.07) is 0. The Morgan fingerprint density at radius 2 is 0.306 bits per heavy atom. The molecule has 0 aromatic rings. The second kappa shape index (κ2) is 36.0. The zero-order chi connectivity index (χ0) is 23.7. The van der Waals surface area contributed by atoms with E-state index in [1.807, 2.05) is 27.7 Å². The number of hydrogen-bond acceptors (Lipinski definition) is 0. The van der Waals surface area contributed by atoms with Gasteiger partial charge in [-0.3, -0.25) is 0 Å². The molecule has 4 saturated carbocycles. The Balaban J connectivity index is -0.0000000445. The average Bonchev–Trinajstić information content (AvgIpc) is 3.58. The van der Waals surface area contributed by atoms with Crippen LogP contribution in [0.4, 0.5) is 0 Å². The third kappa shape index (κ3) is 21.9. The van der Waals surface area contributed by atoms with Gasteiger partial charge < -0.3 is 29.7 Å². The minimum Gasteiger partial charge on any atom is -0.358 e. The van der Waals surface area contributed by atoms with Gasteiger partial charge in [0.25, 0.3) is 0 Å². The molecule has 0 heterocycles. The Kier molecular flexibility index (Phi) is 57.0. The number of rotatable bonds is 0. The van der Waals surface area contributed by atoms with Crippen molar-refractivity contribution in [3.05, 3.63) is 29.7 Å². The molecule has 36 heavy (non-hydrogen) atoms. The molecule has 0 aromatic carbocycles. The van der Waals surface area contributed by atoms with Gasteiger partial charge in [0.2, 0.25) is 0 Å². The van der Waals surface area contributed by atoms with Crippen LogP contribution in [0.25, 0.3) is 0 Å². The second-order valence-electron chi connectivity index (χ2n) is 10.4. The van der Waals surface area contributed by atoms with Gasteiger partial charge in [-0.2, -0.15) is 0 Å². The molecule has 0 aromatic heterocycles. The van der Waals surface area contributed by atoms with Crippen LogP contribution >= 0.6 is 0 Å². The van der Waals surface area contributed by atoms with Crippen molar-refractivity contribution in [3.63, 3.8) is 0 Å². The van der Waals surface area contributed by atoms with Crippen molar-refractivity contribution in [1.29, 1.82) is 0 Å². The van der Waals surface area contributed by atoms with Gasteiger partial charge in [0.05, 0.1) is 0 Å². The van der Waals surface area contributed by atoms with Crippen molar-refractivity contribution < 1.29 is 33.6 Å². The van der Waals surface area contributed by atoms with Crippen molar-refractivity contribution in [1.82, 2.24) is 0 Å². The van der Waals surface area contributed by atoms with Crippen molar-refractivity contribution in [3.8, 4) is 0 Å². The van der Waals surface area contributed by atoms with Crippen molar-refractivity contribution in [2.75, 3.05) is 0 Å². The monoisotopic (exact) mass is 602 g/mol. The SMILES string of the molecule is C1CCCC1.C1CCCC1.CC.CC.CC1C(C)C(C)C1C.CC1C(C)C(C)C1C.[CH3-].[CH3-].[CH3-].[CH3-].[Co+2].[Co+2]. The Labute approximate surface area is 256 Å². The second-order valence-corrected chi connectivity index (χ2v) is 10.4. The molecule has 2 radical (unpaired) electrons. The fourth-order valence-electron chi connectivity index (χ4n) is 5.31. The Hall–Kier alpha value is 1.01. The Morgan fingerprint density at radius 1 is 0.250 bits per heavy atom. The van der Waals surface area contributed by atoms with E-state index < -0.39 is 0 Å². The first-order valence-corrected chi connectivity index (χ1v) is 14.3. The van der Waals surface area contributed by atoms with Gasteiger partial charge in [-0.05, 0) is 47.3 Å². The minimum atomic E-state index is 0. The molecule has 0 spiro atoms. The molecular formula is C34H76Co2. The van der Waals surface area contributed by atoms with Gasteiger partial charge in [-0.1, -0.05) is 147 Å². The summed E-state index contributed by atoms with van der Waals surface area (Å²) in [5.41, 5.74) is 0. The first-order valence-electron chi connectivity index (χ1n) is 14.3. The molecule has 0 saturated heterocycles. The molecule has 2 heteroatoms. The molecule has 0 amide bonds. The van der Waals surface area contributed by atoms with Crippen LogP contribution in [0.5, 0.6) is 0 Å². The van der Waals surface area contributed by atoms with Crippen LogP contribution in [-0.4, -0.2) is 0 Å². The Bertz CT molecular complexity index is 236. The van der Waals surface area contributed by atoms with Crippen molar-refractivity contribution >= 4 is 0 Å². The number of hydrogen-bond donors (Lipinski definition) is 0. The van der Waals surface area contributed by atoms with Crippen LogP contribution in [0.3, 0.4) is 0 Å². The first-order chi connectivity index (χ1) is 14.3. The van der Waals surface area contributed by atoms with Crippen LogP contribution in [0.2, 0.25) is 0 Å². The topological polar surface area (TPSA) is 0 Å². The van der Waals surface area contributed by atoms with Crippen LogP contribution in [0.15, 0.2) is 0 Å². The maximum atomic E-state index is 2.36. The summed E-state index contributed by atoms with van der Waals surface area (Å²) < 4.78 is 0. The maximum absolute atomic E-state index is 2.36. The molecule has 4 aliphatic carbocycles. The van der Waals surface area contributed by atoms with Crippen LogP contribution in [0, 0.1) is 77.0 Å². The summed E-state index contributed by atoms with van der Waals surface area (Å²) in [7, 11) is 0. The molecule has 0 atom stereocenters. The van der Waals surface area contributed by atoms with E-state index in [0.29, 0.717) is 0 Å². The average molecular weight is 603 g/mol. The molecule has 4 fully saturated rings. The fraction of sp³-hybridized carbons (Fsp3) is 0.882. The molecule has 4 rings (SSSR count). The summed E-state index contributed by atoms with van der Waals surface area (Å²) in [4.78, 5) is 0. The summed E-state index contributed by atoms with van der Waals surface area (Å²) >= 11 is 0. The van der Waals surface area contributed by atoms with E-state index in [1.165, 1.54) is 64.2 Å². The quantitative estimate of drug-likeness (QED) is 0.242. The zero-order valence-corrected chi connectivity index (χ0v) is 30.4. The van der Waals surface area contributed by atoms with E-state index in [4.69, 9.17) is 0 Å². The van der Waals surface area contributed by atoms with Gasteiger partial charge >= 0.3 is 33.6 Å². The predicted octanol–water partition coefficient (Wildman–Crippen LogP) is 12.8. The molecule has 0 nitrogen and oxygen atoms in total. The van der Waals surface area contributed by atoms with E-state index in [2.05, 4.69) is 55.4 Å². The molecule has 0 bridgehead atoms. The summed E-state index contributed by atoms with van der Waals surface area (Å²) in [5, 5.41) is 0. The van der Waals surface area contributed by atoms with Crippen LogP contribution < -0.4 is 0 Å². The van der Waals surface area contributed by atoms with E-state index >= 15 is 0 Å². The van der Waals surface area contributed by atoms with Crippen molar-refractivity contribution in [2.45, 2.75) is 147 Å². The molecule has 4 aliphatic rings. The molecule has 0 unspecified atom stereocenters.